The Morgan fingerprint density at radius 3 is 2.58 bits per heavy atom. The number of nitrogens with one attached hydrogen (secondary N) is 1. The predicted octanol–water partition coefficient (Wildman–Crippen LogP) is 2.99. The van der Waals surface area contributed by atoms with Gasteiger partial charge in [0.25, 0.3) is 0 Å². The summed E-state index contributed by atoms with van der Waals surface area (Å²) in [4.78, 5) is 12.4. The number of carbonyl (C=O) groups excluding carboxylic acids is 1. The number of amides is 1. The number of ether oxygens (including phenoxy) is 2. The molecule has 0 spiro atoms. The van der Waals surface area contributed by atoms with Crippen LogP contribution < -0.4 is 15.8 Å². The van der Waals surface area contributed by atoms with Gasteiger partial charge in [-0.05, 0) is 17.7 Å². The molecule has 0 aliphatic carbocycles. The number of benzene rings is 2. The van der Waals surface area contributed by atoms with Crippen molar-refractivity contribution >= 4 is 11.6 Å². The number of methoxy groups -OCH3 is 1. The van der Waals surface area contributed by atoms with E-state index in [1.165, 1.54) is 0 Å². The van der Waals surface area contributed by atoms with Gasteiger partial charge in [-0.1, -0.05) is 43.3 Å². The van der Waals surface area contributed by atoms with Crippen LogP contribution in [-0.2, 0) is 9.53 Å². The van der Waals surface area contributed by atoms with Gasteiger partial charge in [0.1, 0.15) is 12.4 Å². The standard InChI is InChI=1S/C19H24N2O3/c1-14(18(20)15-7-4-3-5-8-15)19(22)21-16-9-6-10-17(13-16)24-12-11-23-2/h3-10,13-14,18H,11-12,20H2,1-2H3,(H,21,22). The third kappa shape index (κ3) is 5.08. The Morgan fingerprint density at radius 1 is 1.12 bits per heavy atom. The Kier molecular flexibility index (Phi) is 6.78. The van der Waals surface area contributed by atoms with Crippen LogP contribution in [0.5, 0.6) is 5.75 Å². The van der Waals surface area contributed by atoms with Crippen LogP contribution in [0.25, 0.3) is 0 Å². The Labute approximate surface area is 142 Å². The third-order valence-corrected chi connectivity index (χ3v) is 3.79. The minimum absolute atomic E-state index is 0.125. The summed E-state index contributed by atoms with van der Waals surface area (Å²) in [6.07, 6.45) is 0. The molecule has 128 valence electrons. The van der Waals surface area contributed by atoms with E-state index in [0.29, 0.717) is 24.7 Å². The first-order valence-electron chi connectivity index (χ1n) is 7.95. The van der Waals surface area contributed by atoms with Crippen LogP contribution >= 0.6 is 0 Å². The summed E-state index contributed by atoms with van der Waals surface area (Å²) in [6.45, 7) is 2.80. The van der Waals surface area contributed by atoms with Crippen LogP contribution in [0.15, 0.2) is 54.6 Å². The molecule has 0 fully saturated rings. The van der Waals surface area contributed by atoms with E-state index in [9.17, 15) is 4.79 Å². The van der Waals surface area contributed by atoms with Gasteiger partial charge in [0, 0.05) is 24.9 Å². The van der Waals surface area contributed by atoms with Gasteiger partial charge < -0.3 is 20.5 Å². The topological polar surface area (TPSA) is 73.6 Å². The van der Waals surface area contributed by atoms with Crippen LogP contribution in [0.4, 0.5) is 5.69 Å². The molecule has 0 saturated heterocycles. The Hall–Kier alpha value is -2.37. The summed E-state index contributed by atoms with van der Waals surface area (Å²) in [7, 11) is 1.62. The fourth-order valence-electron chi connectivity index (χ4n) is 2.29. The van der Waals surface area contributed by atoms with Gasteiger partial charge in [0.05, 0.1) is 12.5 Å². The smallest absolute Gasteiger partial charge is 0.229 e. The second-order valence-corrected chi connectivity index (χ2v) is 5.58. The Bertz CT molecular complexity index is 646. The van der Waals surface area contributed by atoms with Crippen molar-refractivity contribution in [3.05, 3.63) is 60.2 Å². The lowest BCUT2D eigenvalue weighted by Gasteiger charge is -2.20. The molecule has 2 atom stereocenters. The summed E-state index contributed by atoms with van der Waals surface area (Å²) in [5.41, 5.74) is 7.83. The summed E-state index contributed by atoms with van der Waals surface area (Å²) in [5.74, 6) is 0.204. The van der Waals surface area contributed by atoms with Crippen molar-refractivity contribution in [1.82, 2.24) is 0 Å². The summed E-state index contributed by atoms with van der Waals surface area (Å²) < 4.78 is 10.5. The van der Waals surface area contributed by atoms with Gasteiger partial charge in [-0.2, -0.15) is 0 Å². The molecule has 0 radical (unpaired) electrons. The highest BCUT2D eigenvalue weighted by Gasteiger charge is 2.22. The highest BCUT2D eigenvalue weighted by molar-refractivity contribution is 5.93. The van der Waals surface area contributed by atoms with E-state index in [2.05, 4.69) is 5.32 Å². The molecule has 0 saturated carbocycles. The monoisotopic (exact) mass is 328 g/mol. The molecule has 0 heterocycles. The normalized spacial score (nSPS) is 13.1. The van der Waals surface area contributed by atoms with Gasteiger partial charge in [-0.3, -0.25) is 4.79 Å². The van der Waals surface area contributed by atoms with Crippen molar-refractivity contribution in [3.63, 3.8) is 0 Å². The number of rotatable bonds is 8. The average Bonchev–Trinajstić information content (AvgIpc) is 2.62. The van der Waals surface area contributed by atoms with E-state index in [0.717, 1.165) is 5.56 Å². The molecular weight excluding hydrogens is 304 g/mol. The highest BCUT2D eigenvalue weighted by atomic mass is 16.5. The van der Waals surface area contributed by atoms with E-state index < -0.39 is 0 Å². The fraction of sp³-hybridized carbons (Fsp3) is 0.316. The average molecular weight is 328 g/mol. The van der Waals surface area contributed by atoms with E-state index in [1.54, 1.807) is 13.2 Å². The SMILES string of the molecule is COCCOc1cccc(NC(=O)C(C)C(N)c2ccccc2)c1. The number of anilines is 1. The summed E-state index contributed by atoms with van der Waals surface area (Å²) in [5, 5.41) is 2.89. The molecule has 2 aromatic rings. The second-order valence-electron chi connectivity index (χ2n) is 5.58. The van der Waals surface area contributed by atoms with E-state index in [1.807, 2.05) is 55.5 Å². The second kappa shape index (κ2) is 9.05. The molecule has 2 aromatic carbocycles. The van der Waals surface area contributed by atoms with Crippen molar-refractivity contribution < 1.29 is 14.3 Å². The van der Waals surface area contributed by atoms with Crippen LogP contribution in [-0.4, -0.2) is 26.2 Å². The maximum Gasteiger partial charge on any atom is 0.229 e. The number of hydrogen-bond acceptors (Lipinski definition) is 4. The van der Waals surface area contributed by atoms with Crippen molar-refractivity contribution in [2.24, 2.45) is 11.7 Å². The highest BCUT2D eigenvalue weighted by Crippen LogP contribution is 2.22. The molecule has 3 N–H and O–H groups in total. The molecule has 0 aromatic heterocycles. The van der Waals surface area contributed by atoms with Gasteiger partial charge in [-0.15, -0.1) is 0 Å². The molecule has 2 rings (SSSR count). The first kappa shape index (κ1) is 18.0. The maximum atomic E-state index is 12.4. The maximum absolute atomic E-state index is 12.4. The lowest BCUT2D eigenvalue weighted by atomic mass is 9.94. The van der Waals surface area contributed by atoms with Crippen molar-refractivity contribution in [2.45, 2.75) is 13.0 Å². The zero-order chi connectivity index (χ0) is 17.4. The minimum Gasteiger partial charge on any atom is -0.491 e. The summed E-state index contributed by atoms with van der Waals surface area (Å²) in [6, 6.07) is 16.5. The van der Waals surface area contributed by atoms with Gasteiger partial charge >= 0.3 is 0 Å². The molecule has 24 heavy (non-hydrogen) atoms. The van der Waals surface area contributed by atoms with E-state index in [-0.39, 0.29) is 17.9 Å². The third-order valence-electron chi connectivity index (χ3n) is 3.79. The molecule has 0 bridgehead atoms. The summed E-state index contributed by atoms with van der Waals surface area (Å²) >= 11 is 0. The van der Waals surface area contributed by atoms with Crippen molar-refractivity contribution in [3.8, 4) is 5.75 Å². The lowest BCUT2D eigenvalue weighted by Crippen LogP contribution is -2.30. The lowest BCUT2D eigenvalue weighted by molar-refractivity contribution is -0.120. The predicted molar refractivity (Wildman–Crippen MR) is 95.0 cm³/mol. The van der Waals surface area contributed by atoms with Crippen LogP contribution in [0.1, 0.15) is 18.5 Å². The molecule has 5 nitrogen and oxygen atoms in total. The fourth-order valence-corrected chi connectivity index (χ4v) is 2.29. The zero-order valence-electron chi connectivity index (χ0n) is 14.1. The zero-order valence-corrected chi connectivity index (χ0v) is 14.1. The molecular formula is C19H24N2O3. The van der Waals surface area contributed by atoms with Crippen LogP contribution in [0, 0.1) is 5.92 Å². The first-order chi connectivity index (χ1) is 11.6. The largest absolute Gasteiger partial charge is 0.491 e. The Balaban J connectivity index is 1.97. The number of nitrogens with two attached hydrogens (primary N) is 1. The first-order valence-corrected chi connectivity index (χ1v) is 7.95. The quantitative estimate of drug-likeness (QED) is 0.731. The van der Waals surface area contributed by atoms with Crippen LogP contribution in [0.3, 0.4) is 0 Å². The number of hydrogen-bond donors (Lipinski definition) is 2. The number of carbonyl (C=O) groups is 1. The molecule has 2 unspecified atom stereocenters. The van der Waals surface area contributed by atoms with E-state index >= 15 is 0 Å². The minimum atomic E-state index is -0.356. The van der Waals surface area contributed by atoms with Crippen molar-refractivity contribution in [2.75, 3.05) is 25.6 Å². The van der Waals surface area contributed by atoms with Crippen molar-refractivity contribution in [1.29, 1.82) is 0 Å². The Morgan fingerprint density at radius 2 is 1.88 bits per heavy atom. The van der Waals surface area contributed by atoms with Gasteiger partial charge in [-0.25, -0.2) is 0 Å². The van der Waals surface area contributed by atoms with Gasteiger partial charge in [0.15, 0.2) is 0 Å². The van der Waals surface area contributed by atoms with E-state index in [4.69, 9.17) is 15.2 Å². The van der Waals surface area contributed by atoms with Crippen LogP contribution in [0.2, 0.25) is 0 Å². The van der Waals surface area contributed by atoms with Gasteiger partial charge in [0.2, 0.25) is 5.91 Å². The molecule has 1 amide bonds. The molecule has 0 aliphatic rings. The molecule has 5 heteroatoms. The molecule has 0 aliphatic heterocycles.